The van der Waals surface area contributed by atoms with Crippen molar-refractivity contribution < 1.29 is 0 Å². The summed E-state index contributed by atoms with van der Waals surface area (Å²) in [5.74, 6) is 3.22. The van der Waals surface area contributed by atoms with Crippen LogP contribution in [0.5, 0.6) is 0 Å². The fraction of sp³-hybridized carbons (Fsp3) is 1.00. The van der Waals surface area contributed by atoms with Crippen molar-refractivity contribution >= 4 is 0 Å². The topological polar surface area (TPSA) is 0 Å². The van der Waals surface area contributed by atoms with Crippen molar-refractivity contribution in [1.29, 1.82) is 0 Å². The third-order valence-corrected chi connectivity index (χ3v) is 9.59. The summed E-state index contributed by atoms with van der Waals surface area (Å²) in [6.07, 6.45) is 21.4. The Bertz CT molecular complexity index is 431. The molecule has 4 saturated carbocycles. The van der Waals surface area contributed by atoms with Gasteiger partial charge in [-0.05, 0) is 78.9 Å². The highest BCUT2D eigenvalue weighted by molar-refractivity contribution is 5.13. The summed E-state index contributed by atoms with van der Waals surface area (Å²) in [5.41, 5.74) is 1.95. The summed E-state index contributed by atoms with van der Waals surface area (Å²) in [6.45, 7) is 8.19. The van der Waals surface area contributed by atoms with Crippen LogP contribution in [-0.2, 0) is 0 Å². The lowest BCUT2D eigenvalue weighted by molar-refractivity contribution is -0.0388. The lowest BCUT2D eigenvalue weighted by atomic mass is 9.51. The molecule has 0 radical (unpaired) electrons. The third kappa shape index (κ3) is 2.44. The maximum absolute atomic E-state index is 2.78. The Morgan fingerprint density at radius 2 is 1.26 bits per heavy atom. The van der Waals surface area contributed by atoms with Crippen molar-refractivity contribution in [2.75, 3.05) is 0 Å². The predicted octanol–water partition coefficient (Wildman–Crippen LogP) is 7.37. The highest BCUT2D eigenvalue weighted by Crippen LogP contribution is 2.72. The van der Waals surface area contributed by atoms with Gasteiger partial charge in [0, 0.05) is 0 Å². The molecule has 0 saturated heterocycles. The van der Waals surface area contributed by atoms with E-state index in [1.807, 2.05) is 0 Å². The van der Waals surface area contributed by atoms with Crippen LogP contribution in [0.25, 0.3) is 0 Å². The van der Waals surface area contributed by atoms with Crippen LogP contribution in [0.15, 0.2) is 0 Å². The molecular formula is C23H40. The molecule has 4 fully saturated rings. The fourth-order valence-corrected chi connectivity index (χ4v) is 8.41. The molecule has 0 aromatic rings. The van der Waals surface area contributed by atoms with Crippen LogP contribution in [0.3, 0.4) is 0 Å². The lowest BCUT2D eigenvalue weighted by Crippen LogP contribution is -2.45. The van der Waals surface area contributed by atoms with Crippen LogP contribution in [0.1, 0.15) is 111 Å². The third-order valence-electron chi connectivity index (χ3n) is 9.59. The van der Waals surface area contributed by atoms with Gasteiger partial charge in [-0.1, -0.05) is 65.7 Å². The van der Waals surface area contributed by atoms with E-state index in [0.29, 0.717) is 16.2 Å². The Kier molecular flexibility index (Phi) is 4.13. The van der Waals surface area contributed by atoms with Crippen LogP contribution in [0, 0.1) is 34.0 Å². The second-order valence-corrected chi connectivity index (χ2v) is 10.8. The average molecular weight is 317 g/mol. The molecule has 4 rings (SSSR count). The second kappa shape index (κ2) is 5.77. The van der Waals surface area contributed by atoms with E-state index in [2.05, 4.69) is 20.8 Å². The second-order valence-electron chi connectivity index (χ2n) is 10.8. The molecule has 4 aliphatic rings. The molecule has 0 aliphatic heterocycles. The maximum Gasteiger partial charge on any atom is -0.0233 e. The standard InChI is InChI=1S/C23H40/c1-21(14-8-4-9-15-21)17-23(3)20-12-6-5-11-18(20)19-13-7-10-16-22(19,23)2/h18-20H,4-17H2,1-3H3. The zero-order valence-electron chi connectivity index (χ0n) is 16.1. The van der Waals surface area contributed by atoms with Crippen molar-refractivity contribution in [3.05, 3.63) is 0 Å². The largest absolute Gasteiger partial charge is 0.0596 e. The smallest absolute Gasteiger partial charge is 0.0233 e. The molecule has 0 heteroatoms. The number of hydrogen-bond acceptors (Lipinski definition) is 0. The molecule has 0 nitrogen and oxygen atoms in total. The first-order chi connectivity index (χ1) is 11.0. The van der Waals surface area contributed by atoms with Crippen LogP contribution in [-0.4, -0.2) is 0 Å². The van der Waals surface area contributed by atoms with Crippen LogP contribution < -0.4 is 0 Å². The van der Waals surface area contributed by atoms with Crippen LogP contribution >= 0.6 is 0 Å². The van der Waals surface area contributed by atoms with Crippen molar-refractivity contribution in [1.82, 2.24) is 0 Å². The number of fused-ring (bicyclic) bond motifs is 3. The first kappa shape index (κ1) is 16.5. The van der Waals surface area contributed by atoms with E-state index in [0.717, 1.165) is 17.8 Å². The number of hydrogen-bond donors (Lipinski definition) is 0. The van der Waals surface area contributed by atoms with E-state index in [4.69, 9.17) is 0 Å². The summed E-state index contributed by atoms with van der Waals surface area (Å²) in [4.78, 5) is 0. The summed E-state index contributed by atoms with van der Waals surface area (Å²) < 4.78 is 0. The molecule has 0 spiro atoms. The first-order valence-corrected chi connectivity index (χ1v) is 11.0. The van der Waals surface area contributed by atoms with Gasteiger partial charge in [-0.15, -0.1) is 0 Å². The Labute approximate surface area is 145 Å². The van der Waals surface area contributed by atoms with Gasteiger partial charge in [-0.2, -0.15) is 0 Å². The molecule has 4 aliphatic carbocycles. The van der Waals surface area contributed by atoms with Gasteiger partial charge in [0.15, 0.2) is 0 Å². The quantitative estimate of drug-likeness (QED) is 0.499. The number of rotatable bonds is 2. The monoisotopic (exact) mass is 316 g/mol. The van der Waals surface area contributed by atoms with E-state index in [1.54, 1.807) is 25.7 Å². The minimum atomic E-state index is 0.634. The molecule has 132 valence electrons. The molecule has 0 aromatic heterocycles. The van der Waals surface area contributed by atoms with Crippen molar-refractivity contribution in [2.24, 2.45) is 34.0 Å². The molecule has 5 atom stereocenters. The van der Waals surface area contributed by atoms with E-state index in [1.165, 1.54) is 64.2 Å². The van der Waals surface area contributed by atoms with E-state index < -0.39 is 0 Å². The van der Waals surface area contributed by atoms with Gasteiger partial charge in [0.05, 0.1) is 0 Å². The Morgan fingerprint density at radius 1 is 0.652 bits per heavy atom. The van der Waals surface area contributed by atoms with Gasteiger partial charge in [0.1, 0.15) is 0 Å². The molecule has 5 unspecified atom stereocenters. The van der Waals surface area contributed by atoms with E-state index in [9.17, 15) is 0 Å². The van der Waals surface area contributed by atoms with Gasteiger partial charge in [-0.25, -0.2) is 0 Å². The normalized spacial score (nSPS) is 49.4. The summed E-state index contributed by atoms with van der Waals surface area (Å²) in [6, 6.07) is 0. The van der Waals surface area contributed by atoms with E-state index >= 15 is 0 Å². The van der Waals surface area contributed by atoms with Crippen LogP contribution in [0.2, 0.25) is 0 Å². The molecule has 23 heavy (non-hydrogen) atoms. The molecule has 0 bridgehead atoms. The summed E-state index contributed by atoms with van der Waals surface area (Å²) >= 11 is 0. The van der Waals surface area contributed by atoms with Gasteiger partial charge >= 0.3 is 0 Å². The average Bonchev–Trinajstić information content (AvgIpc) is 2.73. The van der Waals surface area contributed by atoms with Crippen molar-refractivity contribution in [2.45, 2.75) is 111 Å². The summed E-state index contributed by atoms with van der Waals surface area (Å²) in [5, 5.41) is 0. The Morgan fingerprint density at radius 3 is 2.04 bits per heavy atom. The van der Waals surface area contributed by atoms with Gasteiger partial charge in [0.2, 0.25) is 0 Å². The predicted molar refractivity (Wildman–Crippen MR) is 99.4 cm³/mol. The van der Waals surface area contributed by atoms with Crippen LogP contribution in [0.4, 0.5) is 0 Å². The zero-order valence-corrected chi connectivity index (χ0v) is 16.1. The minimum absolute atomic E-state index is 0.634. The Hall–Kier alpha value is 0. The van der Waals surface area contributed by atoms with Gasteiger partial charge in [0.25, 0.3) is 0 Å². The first-order valence-electron chi connectivity index (χ1n) is 11.0. The van der Waals surface area contributed by atoms with Crippen molar-refractivity contribution in [3.63, 3.8) is 0 Å². The maximum atomic E-state index is 2.78. The fourth-order valence-electron chi connectivity index (χ4n) is 8.41. The highest BCUT2D eigenvalue weighted by Gasteiger charge is 2.64. The lowest BCUT2D eigenvalue weighted by Gasteiger charge is -2.53. The van der Waals surface area contributed by atoms with Gasteiger partial charge < -0.3 is 0 Å². The molecule has 0 N–H and O–H groups in total. The van der Waals surface area contributed by atoms with Crippen molar-refractivity contribution in [3.8, 4) is 0 Å². The molecule has 0 heterocycles. The van der Waals surface area contributed by atoms with Gasteiger partial charge in [-0.3, -0.25) is 0 Å². The molecular weight excluding hydrogens is 276 g/mol. The zero-order chi connectivity index (χ0) is 16.1. The summed E-state index contributed by atoms with van der Waals surface area (Å²) in [7, 11) is 0. The minimum Gasteiger partial charge on any atom is -0.0596 e. The molecule has 0 amide bonds. The highest BCUT2D eigenvalue weighted by atomic mass is 14.7. The van der Waals surface area contributed by atoms with E-state index in [-0.39, 0.29) is 0 Å². The SMILES string of the molecule is CC1(CC2(C)C3CCCCC3C3CCCCC32C)CCCCC1. The Balaban J connectivity index is 1.68. The molecule has 0 aromatic carbocycles.